The molecule has 4 spiro atoms. The average Bonchev–Trinajstić information content (AvgIpc) is 1.60. The second kappa shape index (κ2) is 36.3. The van der Waals surface area contributed by atoms with E-state index in [1.807, 2.05) is 108 Å². The Bertz CT molecular complexity index is 7290. The Balaban J connectivity index is 0.000000135. The lowest BCUT2D eigenvalue weighted by Crippen LogP contribution is -2.50. The van der Waals surface area contributed by atoms with Crippen molar-refractivity contribution in [3.05, 3.63) is 292 Å². The first-order valence-corrected chi connectivity index (χ1v) is 48.6. The topological polar surface area (TPSA) is 322 Å². The van der Waals surface area contributed by atoms with E-state index in [0.717, 1.165) is 62.7 Å². The fraction of sp³-hybridized carbons (Fsp3) is 0.330. The average molecular weight is 1940 g/mol. The number of benzene rings is 8. The molecule has 28 nitrogen and oxygen atoms in total. The van der Waals surface area contributed by atoms with Crippen LogP contribution >= 0.6 is 0 Å². The lowest BCUT2D eigenvalue weighted by atomic mass is 9.81. The largest absolute Gasteiger partial charge is 0.495 e. The first kappa shape index (κ1) is 95.2. The molecule has 0 aliphatic carbocycles. The van der Waals surface area contributed by atoms with Crippen molar-refractivity contribution in [1.29, 1.82) is 5.26 Å². The number of alkyl halides is 6. The number of hydrogen-bond donors (Lipinski definition) is 3. The number of sulfone groups is 1. The highest BCUT2D eigenvalue weighted by Gasteiger charge is 2.53. The number of piperidine rings is 4. The number of aromatic nitrogens is 7. The molecule has 8 aromatic carbocycles. The standard InChI is InChI=1S/C27H31N3O5S.C27H27N3O4.C25H24F3N3O4S.C24H19F3N4O2.2H2/c1-26(2,3)36(32,33)23-11-10-18(16-22(23)34-5)25(31)30-14-12-27(13-15-30)20-17-28-29(4)24(20)19-8-6-7-9-21(19)35-27;1-18(2)33-23-9-7-19(15-20(23)17-31)26(32)29-13-11-27(12-14-29)25-10-8-21(16-28)30(25)22-5-3-4-6-24(22)34-27;1-16-15-17(7-8-20(16)36(33,34)29-2)23(32)30-13-11-24(12-14-30)21-9-10-22(25(26,27)28)31(21)18-5-3-4-6-19(18)35-24;25-24(26,27)21-8-7-20-23(33-19-4-2-1-3-18(19)31(20)21)9-11-30(12-10-23)22(32)15-5-6-17-16(13-15)14-28-29-17;;/h6-11,16-17H,12-15H2,1-5H3;3-10,15,18,31H,11-14,17H2,1-2H3;3-10,15,29H,11-14H2,1-2H3;1-8,13-14H,9-12H2,(H,28,29);2*1H. The van der Waals surface area contributed by atoms with Gasteiger partial charge in [0.05, 0.1) is 87.2 Å². The molecule has 21 rings (SSSR count). The van der Waals surface area contributed by atoms with E-state index < -0.39 is 70.8 Å². The minimum absolute atomic E-state index is 0. The number of rotatable bonds is 11. The van der Waals surface area contributed by atoms with Gasteiger partial charge in [-0.05, 0) is 212 Å². The molecular weight excluding hydrogens is 1840 g/mol. The van der Waals surface area contributed by atoms with Gasteiger partial charge in [0.2, 0.25) is 10.0 Å². The number of likely N-dealkylation sites (tertiary alicyclic amines) is 4. The zero-order chi connectivity index (χ0) is 98.4. The number of aliphatic hydroxyl groups excluding tert-OH is 1. The molecule has 139 heavy (non-hydrogen) atoms. The number of carbonyl (C=O) groups is 4. The van der Waals surface area contributed by atoms with Crippen LogP contribution in [-0.2, 0) is 68.3 Å². The number of H-pyrrole nitrogens is 1. The van der Waals surface area contributed by atoms with Gasteiger partial charge in [-0.3, -0.25) is 33.5 Å². The van der Waals surface area contributed by atoms with Crippen molar-refractivity contribution < 1.29 is 98.7 Å². The number of hydrogen-bond acceptors (Lipinski definition) is 18. The Hall–Kier alpha value is -14.2. The normalized spacial score (nSPS) is 16.6. The zero-order valence-electron chi connectivity index (χ0n) is 77.5. The number of para-hydroxylation sites is 7. The number of aliphatic hydroxyl groups is 1. The molecule has 0 radical (unpaired) electrons. The summed E-state index contributed by atoms with van der Waals surface area (Å²) in [6.07, 6.45) is -1.64. The van der Waals surface area contributed by atoms with Crippen molar-refractivity contribution >= 4 is 54.4 Å². The molecule has 726 valence electrons. The van der Waals surface area contributed by atoms with Crippen LogP contribution < -0.4 is 33.1 Å². The number of fused-ring (bicyclic) bond motifs is 17. The van der Waals surface area contributed by atoms with Gasteiger partial charge in [0.15, 0.2) is 26.6 Å². The molecule has 4 fully saturated rings. The number of aromatic amines is 1. The summed E-state index contributed by atoms with van der Waals surface area (Å²) in [6.45, 7) is 13.5. The summed E-state index contributed by atoms with van der Waals surface area (Å²) in [4.78, 5) is 60.2. The third kappa shape index (κ3) is 17.3. The number of ether oxygens (including phenoxy) is 6. The smallest absolute Gasteiger partial charge is 0.431 e. The van der Waals surface area contributed by atoms with Crippen molar-refractivity contribution in [3.8, 4) is 68.9 Å². The number of halogens is 6. The predicted molar refractivity (Wildman–Crippen MR) is 506 cm³/mol. The molecule has 36 heteroatoms. The summed E-state index contributed by atoms with van der Waals surface area (Å²) in [7, 11) is -2.61. The van der Waals surface area contributed by atoms with Crippen molar-refractivity contribution in [2.75, 3.05) is 66.5 Å². The fourth-order valence-electron chi connectivity index (χ4n) is 20.1. The number of aryl methyl sites for hydroxylation is 2. The molecule has 0 saturated carbocycles. The van der Waals surface area contributed by atoms with Gasteiger partial charge >= 0.3 is 12.4 Å². The van der Waals surface area contributed by atoms with Crippen LogP contribution in [-0.4, -0.2) is 176 Å². The number of nitriles is 1. The van der Waals surface area contributed by atoms with Crippen LogP contribution in [0, 0.1) is 18.3 Å². The van der Waals surface area contributed by atoms with E-state index in [1.54, 1.807) is 134 Å². The molecule has 13 heterocycles. The monoisotopic (exact) mass is 1940 g/mol. The highest BCUT2D eigenvalue weighted by molar-refractivity contribution is 7.92. The number of nitrogens with zero attached hydrogens (tertiary/aromatic N) is 11. The molecule has 0 bridgehead atoms. The highest BCUT2D eigenvalue weighted by atomic mass is 32.2. The Labute approximate surface area is 801 Å². The van der Waals surface area contributed by atoms with Crippen molar-refractivity contribution in [2.24, 2.45) is 7.05 Å². The van der Waals surface area contributed by atoms with Gasteiger partial charge < -0.3 is 62.3 Å². The van der Waals surface area contributed by atoms with Crippen molar-refractivity contribution in [3.63, 3.8) is 0 Å². The van der Waals surface area contributed by atoms with E-state index in [9.17, 15) is 72.7 Å². The minimum atomic E-state index is -4.54. The second-order valence-corrected chi connectivity index (χ2v) is 41.4. The van der Waals surface area contributed by atoms with Crippen molar-refractivity contribution in [1.82, 2.24) is 58.0 Å². The molecule has 13 aromatic rings. The molecule has 4 saturated heterocycles. The quantitative estimate of drug-likeness (QED) is 0.101. The lowest BCUT2D eigenvalue weighted by Gasteiger charge is -2.45. The van der Waals surface area contributed by atoms with E-state index in [1.165, 1.54) is 65.8 Å². The number of amides is 4. The SMILES string of the molecule is CC(C)Oc1ccc(C(=O)N2CCC3(CC2)Oc2ccccc2-n2c(C#N)ccc23)cc1CO.CNS(=O)(=O)c1ccc(C(=O)N2CCC3(CC2)Oc2ccccc2-n2c(C(F)(F)F)ccc23)cc1C.COc1cc(C(=O)N2CCC3(CC2)Oc2ccccc2-c2c3cnn2C)ccc1S(=O)(=O)C(C)(C)C.O=C(c1ccc2[nH]ncc2c1)N1CCC2(CC1)Oc1ccccc1-n1c(C(F)(F)F)ccc12.[HH].[HH]. The second-order valence-electron chi connectivity index (χ2n) is 36.9. The van der Waals surface area contributed by atoms with Gasteiger partial charge in [-0.1, -0.05) is 48.5 Å². The first-order chi connectivity index (χ1) is 66.3. The molecule has 5 aromatic heterocycles. The predicted octanol–water partition coefficient (Wildman–Crippen LogP) is 18.0. The molecule has 4 amide bonds. The summed E-state index contributed by atoms with van der Waals surface area (Å²) < 4.78 is 178. The van der Waals surface area contributed by atoms with E-state index in [-0.39, 0.29) is 67.8 Å². The van der Waals surface area contributed by atoms with Gasteiger partial charge in [0.25, 0.3) is 23.6 Å². The molecule has 3 N–H and O–H groups in total. The number of nitrogens with one attached hydrogen (secondary N) is 2. The maximum absolute atomic E-state index is 13.8. The first-order valence-electron chi connectivity index (χ1n) is 45.6. The van der Waals surface area contributed by atoms with Crippen LogP contribution in [0.5, 0.6) is 34.5 Å². The van der Waals surface area contributed by atoms with Gasteiger partial charge in [0, 0.05) is 158 Å². The van der Waals surface area contributed by atoms with Gasteiger partial charge in [-0.15, -0.1) is 0 Å². The Kier molecular flexibility index (Phi) is 24.9. The van der Waals surface area contributed by atoms with Crippen LogP contribution in [0.15, 0.2) is 228 Å². The van der Waals surface area contributed by atoms with E-state index >= 15 is 0 Å². The minimum Gasteiger partial charge on any atom is -0.495 e. The third-order valence-electron chi connectivity index (χ3n) is 27.3. The Morgan fingerprint density at radius 2 is 0.942 bits per heavy atom. The summed E-state index contributed by atoms with van der Waals surface area (Å²) in [5.74, 6) is 2.49. The van der Waals surface area contributed by atoms with E-state index in [4.69, 9.17) is 28.4 Å². The third-order valence-corrected chi connectivity index (χ3v) is 31.4. The van der Waals surface area contributed by atoms with E-state index in [2.05, 4.69) is 26.1 Å². The Morgan fingerprint density at radius 3 is 1.40 bits per heavy atom. The summed E-state index contributed by atoms with van der Waals surface area (Å²) in [5.41, 5.74) is 6.26. The lowest BCUT2D eigenvalue weighted by molar-refractivity contribution is -0.143. The van der Waals surface area contributed by atoms with Crippen LogP contribution in [0.25, 0.3) is 39.2 Å². The highest BCUT2D eigenvalue weighted by Crippen LogP contribution is 2.54. The summed E-state index contributed by atoms with van der Waals surface area (Å²) in [6, 6.07) is 59.9. The van der Waals surface area contributed by atoms with Crippen LogP contribution in [0.1, 0.15) is 181 Å². The van der Waals surface area contributed by atoms with E-state index in [0.29, 0.717) is 170 Å². The van der Waals surface area contributed by atoms with Gasteiger partial charge in [-0.25, -0.2) is 21.6 Å². The number of carbonyl (C=O) groups excluding carboxylic acids is 4. The molecule has 8 aliphatic rings. The maximum atomic E-state index is 13.8. The maximum Gasteiger partial charge on any atom is 0.431 e. The summed E-state index contributed by atoms with van der Waals surface area (Å²) in [5, 5.41) is 31.6. The molecular formula is C103H105F6N13O15S2. The molecule has 0 unspecified atom stereocenters. The number of methoxy groups -OCH3 is 1. The Morgan fingerprint density at radius 1 is 0.525 bits per heavy atom. The van der Waals surface area contributed by atoms with Crippen LogP contribution in [0.4, 0.5) is 26.3 Å². The summed E-state index contributed by atoms with van der Waals surface area (Å²) >= 11 is 0. The van der Waals surface area contributed by atoms with Gasteiger partial charge in [-0.2, -0.15) is 41.8 Å². The zero-order valence-corrected chi connectivity index (χ0v) is 79.2. The van der Waals surface area contributed by atoms with Gasteiger partial charge in [0.1, 0.15) is 68.1 Å². The van der Waals surface area contributed by atoms with Crippen molar-refractivity contribution in [2.45, 2.75) is 155 Å². The molecule has 0 atom stereocenters. The number of sulfonamides is 1. The molecule has 8 aliphatic heterocycles. The van der Waals surface area contributed by atoms with Crippen LogP contribution in [0.3, 0.4) is 0 Å². The van der Waals surface area contributed by atoms with Crippen LogP contribution in [0.2, 0.25) is 0 Å². The fourth-order valence-corrected chi connectivity index (χ4v) is 22.3.